The average Bonchev–Trinajstić information content (AvgIpc) is 3.38. The molecule has 4 N–H and O–H groups in total. The van der Waals surface area contributed by atoms with Gasteiger partial charge in [-0.15, -0.1) is 0 Å². The molecular formula is C21H27NO6. The summed E-state index contributed by atoms with van der Waals surface area (Å²) in [5.74, 6) is -1.19. The molecule has 7 nitrogen and oxygen atoms in total. The highest BCUT2D eigenvalue weighted by Crippen LogP contribution is 2.50. The third-order valence-corrected chi connectivity index (χ3v) is 4.80. The van der Waals surface area contributed by atoms with Gasteiger partial charge >= 0.3 is 0 Å². The van der Waals surface area contributed by atoms with E-state index in [4.69, 9.17) is 14.9 Å². The van der Waals surface area contributed by atoms with Crippen LogP contribution in [0, 0.1) is 0 Å². The lowest BCUT2D eigenvalue weighted by atomic mass is 9.92. The molecule has 2 aliphatic rings. The zero-order valence-corrected chi connectivity index (χ0v) is 16.3. The quantitative estimate of drug-likeness (QED) is 0.201. The first-order valence-electron chi connectivity index (χ1n) is 9.09. The number of hydrogen-bond donors (Lipinski definition) is 4. The smallest absolute Gasteiger partial charge is 0.265 e. The SMILES string of the molecule is C\C=C(/C=C(C)/C=C/C=C\C=C(/C)C(=O)[C@]12O[C@H]1C(O)(CCO)NC2=O)CO. The van der Waals surface area contributed by atoms with Crippen LogP contribution in [0.25, 0.3) is 0 Å². The Labute approximate surface area is 164 Å². The summed E-state index contributed by atoms with van der Waals surface area (Å²) in [6, 6.07) is 0. The molecule has 3 atom stereocenters. The Morgan fingerprint density at radius 2 is 1.96 bits per heavy atom. The molecule has 0 aliphatic carbocycles. The minimum atomic E-state index is -1.72. The first-order chi connectivity index (χ1) is 13.2. The van der Waals surface area contributed by atoms with E-state index >= 15 is 0 Å². The first kappa shape index (κ1) is 22.0. The second-order valence-corrected chi connectivity index (χ2v) is 6.92. The van der Waals surface area contributed by atoms with Crippen molar-refractivity contribution in [2.24, 2.45) is 0 Å². The minimum Gasteiger partial charge on any atom is -0.396 e. The van der Waals surface area contributed by atoms with E-state index in [9.17, 15) is 14.7 Å². The number of nitrogens with one attached hydrogen (secondary N) is 1. The maximum absolute atomic E-state index is 12.7. The van der Waals surface area contributed by atoms with Crippen molar-refractivity contribution in [2.75, 3.05) is 13.2 Å². The summed E-state index contributed by atoms with van der Waals surface area (Å²) >= 11 is 0. The van der Waals surface area contributed by atoms with E-state index in [0.717, 1.165) is 11.1 Å². The lowest BCUT2D eigenvalue weighted by Crippen LogP contribution is -2.48. The van der Waals surface area contributed by atoms with Crippen LogP contribution >= 0.6 is 0 Å². The lowest BCUT2D eigenvalue weighted by molar-refractivity contribution is -0.138. The number of hydrogen-bond acceptors (Lipinski definition) is 6. The molecule has 0 aromatic carbocycles. The van der Waals surface area contributed by atoms with Crippen molar-refractivity contribution in [3.63, 3.8) is 0 Å². The predicted molar refractivity (Wildman–Crippen MR) is 104 cm³/mol. The largest absolute Gasteiger partial charge is 0.396 e. The molecule has 0 spiro atoms. The Morgan fingerprint density at radius 1 is 1.25 bits per heavy atom. The lowest BCUT2D eigenvalue weighted by Gasteiger charge is -2.22. The van der Waals surface area contributed by atoms with Gasteiger partial charge in [0, 0.05) is 13.0 Å². The number of ketones is 1. The molecule has 2 fully saturated rings. The predicted octanol–water partition coefficient (Wildman–Crippen LogP) is 0.837. The van der Waals surface area contributed by atoms with Crippen LogP contribution in [-0.2, 0) is 14.3 Å². The molecule has 2 aliphatic heterocycles. The van der Waals surface area contributed by atoms with Crippen LogP contribution in [0.1, 0.15) is 27.2 Å². The van der Waals surface area contributed by atoms with E-state index < -0.39 is 29.1 Å². The summed E-state index contributed by atoms with van der Waals surface area (Å²) in [5.41, 5.74) is -1.31. The molecule has 28 heavy (non-hydrogen) atoms. The Balaban J connectivity index is 2.01. The molecule has 7 heteroatoms. The van der Waals surface area contributed by atoms with Gasteiger partial charge < -0.3 is 25.4 Å². The molecule has 2 rings (SSSR count). The van der Waals surface area contributed by atoms with Crippen LogP contribution in [0.5, 0.6) is 0 Å². The summed E-state index contributed by atoms with van der Waals surface area (Å²) in [7, 11) is 0. The Hall–Kier alpha value is -2.32. The van der Waals surface area contributed by atoms with Gasteiger partial charge in [-0.3, -0.25) is 9.59 Å². The van der Waals surface area contributed by atoms with Crippen molar-refractivity contribution >= 4 is 11.7 Å². The molecular weight excluding hydrogens is 362 g/mol. The van der Waals surface area contributed by atoms with Crippen molar-refractivity contribution in [2.45, 2.75) is 44.6 Å². The van der Waals surface area contributed by atoms with Crippen LogP contribution in [0.2, 0.25) is 0 Å². The summed E-state index contributed by atoms with van der Waals surface area (Å²) in [6.07, 6.45) is 11.2. The number of morpholine rings is 1. The summed E-state index contributed by atoms with van der Waals surface area (Å²) in [6.45, 7) is 4.97. The van der Waals surface area contributed by atoms with Gasteiger partial charge in [0.15, 0.2) is 11.8 Å². The van der Waals surface area contributed by atoms with Gasteiger partial charge in [-0.1, -0.05) is 48.1 Å². The molecule has 2 heterocycles. The summed E-state index contributed by atoms with van der Waals surface area (Å²) in [5, 5.41) is 30.8. The fourth-order valence-electron chi connectivity index (χ4n) is 3.15. The van der Waals surface area contributed by atoms with E-state index in [1.165, 1.54) is 0 Å². The highest BCUT2D eigenvalue weighted by molar-refractivity contribution is 6.21. The fraction of sp³-hybridized carbons (Fsp3) is 0.429. The highest BCUT2D eigenvalue weighted by atomic mass is 16.6. The van der Waals surface area contributed by atoms with E-state index in [-0.39, 0.29) is 19.6 Å². The zero-order chi connectivity index (χ0) is 20.9. The number of ether oxygens (including phenoxy) is 1. The van der Waals surface area contributed by atoms with E-state index in [2.05, 4.69) is 5.32 Å². The third kappa shape index (κ3) is 4.23. The zero-order valence-electron chi connectivity index (χ0n) is 16.3. The number of fused-ring (bicyclic) bond motifs is 1. The third-order valence-electron chi connectivity index (χ3n) is 4.80. The van der Waals surface area contributed by atoms with Gasteiger partial charge in [0.05, 0.1) is 6.61 Å². The standard InChI is InChI=1S/C21H27NO6/c1-4-16(13-24)12-14(2)8-6-5-7-9-15(3)17(25)21-18(28-21)20(27,10-11-23)22-19(21)26/h4-9,12,18,23-24,27H,10-11,13H2,1-3H3,(H,22,26)/b7-5-,8-6+,14-12+,15-9+,16-4+/t18-,20?,21-/m0/s1. The number of Topliss-reactive ketones (excluding diaryl/α,β-unsaturated/α-hetero) is 1. The van der Waals surface area contributed by atoms with Gasteiger partial charge in [0.2, 0.25) is 11.4 Å². The number of rotatable bonds is 9. The van der Waals surface area contributed by atoms with Crippen LogP contribution in [0.4, 0.5) is 0 Å². The van der Waals surface area contributed by atoms with Crippen LogP contribution in [0.3, 0.4) is 0 Å². The number of carbonyl (C=O) groups excluding carboxylic acids is 2. The number of epoxide rings is 1. The second-order valence-electron chi connectivity index (χ2n) is 6.92. The highest BCUT2D eigenvalue weighted by Gasteiger charge is 2.80. The molecule has 2 saturated heterocycles. The van der Waals surface area contributed by atoms with Gasteiger partial charge in [-0.05, 0) is 31.9 Å². The molecule has 152 valence electrons. The van der Waals surface area contributed by atoms with Gasteiger partial charge in [-0.25, -0.2) is 0 Å². The average molecular weight is 389 g/mol. The number of aliphatic hydroxyl groups is 3. The van der Waals surface area contributed by atoms with E-state index in [1.54, 1.807) is 31.2 Å². The molecule has 1 unspecified atom stereocenters. The van der Waals surface area contributed by atoms with E-state index in [0.29, 0.717) is 5.57 Å². The summed E-state index contributed by atoms with van der Waals surface area (Å²) < 4.78 is 5.29. The molecule has 0 radical (unpaired) electrons. The van der Waals surface area contributed by atoms with Crippen molar-refractivity contribution in [3.8, 4) is 0 Å². The Morgan fingerprint density at radius 3 is 2.54 bits per heavy atom. The van der Waals surface area contributed by atoms with Gasteiger partial charge in [-0.2, -0.15) is 0 Å². The number of carbonyl (C=O) groups is 2. The monoisotopic (exact) mass is 389 g/mol. The second kappa shape index (κ2) is 8.79. The van der Waals surface area contributed by atoms with E-state index in [1.807, 2.05) is 32.1 Å². The van der Waals surface area contributed by atoms with Crippen molar-refractivity contribution in [3.05, 3.63) is 59.3 Å². The Kier molecular flexibility index (Phi) is 6.90. The van der Waals surface area contributed by atoms with Crippen molar-refractivity contribution in [1.29, 1.82) is 0 Å². The van der Waals surface area contributed by atoms with Crippen molar-refractivity contribution in [1.82, 2.24) is 5.32 Å². The maximum Gasteiger partial charge on any atom is 0.265 e. The molecule has 1 amide bonds. The number of allylic oxidation sites excluding steroid dienone is 7. The topological polar surface area (TPSA) is 119 Å². The molecule has 0 saturated carbocycles. The van der Waals surface area contributed by atoms with Gasteiger partial charge in [0.25, 0.3) is 5.91 Å². The maximum atomic E-state index is 12.7. The number of aliphatic hydroxyl groups excluding tert-OH is 2. The van der Waals surface area contributed by atoms with Crippen molar-refractivity contribution < 1.29 is 29.6 Å². The minimum absolute atomic E-state index is 0.0205. The summed E-state index contributed by atoms with van der Waals surface area (Å²) in [4.78, 5) is 24.8. The normalized spacial score (nSPS) is 30.9. The van der Waals surface area contributed by atoms with Crippen LogP contribution in [0.15, 0.2) is 59.3 Å². The molecule has 0 aromatic rings. The Bertz CT molecular complexity index is 791. The molecule has 0 aromatic heterocycles. The fourth-order valence-corrected chi connectivity index (χ4v) is 3.15. The molecule has 0 bridgehead atoms. The van der Waals surface area contributed by atoms with Crippen LogP contribution < -0.4 is 5.32 Å². The van der Waals surface area contributed by atoms with Crippen LogP contribution in [-0.4, -0.2) is 57.7 Å². The number of amides is 1. The first-order valence-corrected chi connectivity index (χ1v) is 9.09. The van der Waals surface area contributed by atoms with Gasteiger partial charge in [0.1, 0.15) is 0 Å².